The first kappa shape index (κ1) is 16.2. The third-order valence-electron chi connectivity index (χ3n) is 8.18. The Labute approximate surface area is 143 Å². The van der Waals surface area contributed by atoms with Crippen molar-refractivity contribution in [3.05, 3.63) is 23.8 Å². The van der Waals surface area contributed by atoms with Crippen molar-refractivity contribution >= 4 is 11.6 Å². The van der Waals surface area contributed by atoms with Crippen molar-refractivity contribution in [3.63, 3.8) is 0 Å². The number of fused-ring (bicyclic) bond motifs is 5. The quantitative estimate of drug-likeness (QED) is 0.658. The molecular weight excluding hydrogens is 303 g/mol. The molecule has 0 aromatic rings. The van der Waals surface area contributed by atoms with E-state index in [4.69, 9.17) is 0 Å². The topological polar surface area (TPSA) is 34.1 Å². The van der Waals surface area contributed by atoms with Crippen LogP contribution in [0.1, 0.15) is 52.9 Å². The van der Waals surface area contributed by atoms with E-state index in [1.807, 2.05) is 13.0 Å². The number of alkyl halides is 1. The van der Waals surface area contributed by atoms with Crippen molar-refractivity contribution in [2.24, 2.45) is 34.5 Å². The fourth-order valence-corrected chi connectivity index (χ4v) is 6.66. The third kappa shape index (κ3) is 1.82. The van der Waals surface area contributed by atoms with Crippen molar-refractivity contribution in [2.45, 2.75) is 59.0 Å². The molecule has 3 saturated carbocycles. The molecule has 0 radical (unpaired) electrons. The summed E-state index contributed by atoms with van der Waals surface area (Å²) in [6, 6.07) is 0. The molecule has 2 unspecified atom stereocenters. The van der Waals surface area contributed by atoms with E-state index in [-0.39, 0.29) is 28.8 Å². The first-order valence-electron chi connectivity index (χ1n) is 9.31. The number of Topliss-reactive ketones (excluding diaryl/α,β-unsaturated/α-hetero) is 1. The molecule has 0 aliphatic heterocycles. The second-order valence-corrected chi connectivity index (χ2v) is 9.12. The van der Waals surface area contributed by atoms with Crippen LogP contribution in [0.15, 0.2) is 23.8 Å². The van der Waals surface area contributed by atoms with Crippen molar-refractivity contribution in [1.82, 2.24) is 0 Å². The average molecular weight is 330 g/mol. The smallest absolute Gasteiger partial charge is 0.173 e. The fraction of sp³-hybridized carbons (Fsp3) is 0.714. The number of carbonyl (C=O) groups excluding carboxylic acids is 2. The first-order chi connectivity index (χ1) is 11.2. The Morgan fingerprint density at radius 1 is 1.21 bits per heavy atom. The lowest BCUT2D eigenvalue weighted by Gasteiger charge is -2.59. The highest BCUT2D eigenvalue weighted by Gasteiger charge is 2.63. The van der Waals surface area contributed by atoms with Crippen molar-refractivity contribution in [1.29, 1.82) is 0 Å². The van der Waals surface area contributed by atoms with E-state index in [0.29, 0.717) is 24.7 Å². The third-order valence-corrected chi connectivity index (χ3v) is 8.18. The van der Waals surface area contributed by atoms with E-state index in [9.17, 15) is 14.0 Å². The Morgan fingerprint density at radius 3 is 2.62 bits per heavy atom. The van der Waals surface area contributed by atoms with Gasteiger partial charge in [-0.15, -0.1) is 0 Å². The Balaban J connectivity index is 1.79. The van der Waals surface area contributed by atoms with Crippen molar-refractivity contribution in [3.8, 4) is 0 Å². The summed E-state index contributed by atoms with van der Waals surface area (Å²) in [5.74, 6) is 1.17. The molecule has 0 spiro atoms. The number of carbonyl (C=O) groups is 2. The number of rotatable bonds is 0. The number of allylic oxidation sites excluding steroid dienone is 2. The summed E-state index contributed by atoms with van der Waals surface area (Å²) in [5, 5.41) is 0. The SMILES string of the molecule is C=C1C[C@@H]2[C@@H](CC[C@]3(C)C(=O)C(F)C[C@@H]23)[C@]2(C)C1=CC(=O)CC2C. The standard InChI is InChI=1S/C21H27FO2/c1-11-7-14-15(21(4)12(2)8-13(23)9-16(11)21)5-6-20(3)17(14)10-18(22)19(20)24/h9,12,14-15,17-18H,1,5-8,10H2,2-4H3/t12?,14-,15-,17+,18?,20+,21-/m1/s1. The van der Waals surface area contributed by atoms with E-state index in [0.717, 1.165) is 30.4 Å². The van der Waals surface area contributed by atoms with Gasteiger partial charge in [0.1, 0.15) is 0 Å². The zero-order valence-corrected chi connectivity index (χ0v) is 14.9. The molecule has 3 fully saturated rings. The molecule has 2 nitrogen and oxygen atoms in total. The number of hydrogen-bond donors (Lipinski definition) is 0. The van der Waals surface area contributed by atoms with E-state index in [1.54, 1.807) is 0 Å². The van der Waals surface area contributed by atoms with Crippen LogP contribution in [-0.4, -0.2) is 17.7 Å². The highest BCUT2D eigenvalue weighted by Crippen LogP contribution is 2.66. The van der Waals surface area contributed by atoms with Crippen LogP contribution in [0, 0.1) is 34.5 Å². The number of halogens is 1. The lowest BCUT2D eigenvalue weighted by Crippen LogP contribution is -2.53. The maximum absolute atomic E-state index is 14.2. The molecule has 0 heterocycles. The van der Waals surface area contributed by atoms with E-state index in [1.165, 1.54) is 0 Å². The van der Waals surface area contributed by atoms with E-state index < -0.39 is 11.6 Å². The summed E-state index contributed by atoms with van der Waals surface area (Å²) in [7, 11) is 0. The van der Waals surface area contributed by atoms with Crippen LogP contribution in [0.5, 0.6) is 0 Å². The molecule has 0 amide bonds. The van der Waals surface area contributed by atoms with Crippen LogP contribution in [0.4, 0.5) is 4.39 Å². The minimum Gasteiger partial charge on any atom is -0.296 e. The van der Waals surface area contributed by atoms with Gasteiger partial charge in [-0.05, 0) is 66.4 Å². The van der Waals surface area contributed by atoms with Gasteiger partial charge in [-0.25, -0.2) is 4.39 Å². The van der Waals surface area contributed by atoms with Gasteiger partial charge in [-0.3, -0.25) is 9.59 Å². The van der Waals surface area contributed by atoms with Gasteiger partial charge in [0.25, 0.3) is 0 Å². The van der Waals surface area contributed by atoms with Crippen LogP contribution in [0.2, 0.25) is 0 Å². The van der Waals surface area contributed by atoms with Crippen LogP contribution in [0.3, 0.4) is 0 Å². The molecule has 4 aliphatic carbocycles. The molecule has 4 rings (SSSR count). The highest BCUT2D eigenvalue weighted by atomic mass is 19.1. The second-order valence-electron chi connectivity index (χ2n) is 9.12. The lowest BCUT2D eigenvalue weighted by atomic mass is 9.45. The van der Waals surface area contributed by atoms with Gasteiger partial charge in [0.2, 0.25) is 0 Å². The highest BCUT2D eigenvalue weighted by molar-refractivity contribution is 5.93. The lowest BCUT2D eigenvalue weighted by molar-refractivity contribution is -0.135. The van der Waals surface area contributed by atoms with E-state index >= 15 is 0 Å². The summed E-state index contributed by atoms with van der Waals surface area (Å²) in [5.41, 5.74) is 1.62. The molecule has 0 aromatic carbocycles. The van der Waals surface area contributed by atoms with Gasteiger partial charge >= 0.3 is 0 Å². The fourth-order valence-electron chi connectivity index (χ4n) is 6.66. The van der Waals surface area contributed by atoms with Crippen LogP contribution >= 0.6 is 0 Å². The van der Waals surface area contributed by atoms with Crippen LogP contribution in [0.25, 0.3) is 0 Å². The predicted molar refractivity (Wildman–Crippen MR) is 91.1 cm³/mol. The first-order valence-corrected chi connectivity index (χ1v) is 9.31. The Hall–Kier alpha value is -1.25. The molecule has 0 saturated heterocycles. The minimum absolute atomic E-state index is 0.0628. The monoisotopic (exact) mass is 330 g/mol. The molecule has 130 valence electrons. The van der Waals surface area contributed by atoms with Crippen LogP contribution < -0.4 is 0 Å². The van der Waals surface area contributed by atoms with Crippen LogP contribution in [-0.2, 0) is 9.59 Å². The predicted octanol–water partition coefficient (Wildman–Crippen LogP) is 4.45. The van der Waals surface area contributed by atoms with Gasteiger partial charge in [-0.2, -0.15) is 0 Å². The summed E-state index contributed by atoms with van der Waals surface area (Å²) >= 11 is 0. The number of hydrogen-bond acceptors (Lipinski definition) is 2. The van der Waals surface area contributed by atoms with Gasteiger partial charge in [-0.1, -0.05) is 32.9 Å². The molecule has 7 atom stereocenters. The normalized spacial score (nSPS) is 50.9. The summed E-state index contributed by atoms with van der Waals surface area (Å²) in [6.45, 7) is 10.7. The van der Waals surface area contributed by atoms with E-state index in [2.05, 4.69) is 20.4 Å². The molecule has 0 bridgehead atoms. The molecule has 0 N–H and O–H groups in total. The van der Waals surface area contributed by atoms with Gasteiger partial charge in [0, 0.05) is 11.8 Å². The van der Waals surface area contributed by atoms with Gasteiger partial charge in [0.05, 0.1) is 0 Å². The minimum atomic E-state index is -1.29. The maximum Gasteiger partial charge on any atom is 0.173 e. The Morgan fingerprint density at radius 2 is 1.92 bits per heavy atom. The summed E-state index contributed by atoms with van der Waals surface area (Å²) in [4.78, 5) is 24.5. The zero-order chi connectivity index (χ0) is 17.4. The largest absolute Gasteiger partial charge is 0.296 e. The van der Waals surface area contributed by atoms with Crippen molar-refractivity contribution in [2.75, 3.05) is 0 Å². The molecule has 3 heteroatoms. The number of ketones is 2. The molecule has 4 aliphatic rings. The zero-order valence-electron chi connectivity index (χ0n) is 14.9. The second kappa shape index (κ2) is 4.89. The average Bonchev–Trinajstić information content (AvgIpc) is 2.74. The maximum atomic E-state index is 14.2. The molecule has 0 aromatic heterocycles. The summed E-state index contributed by atoms with van der Waals surface area (Å²) in [6.07, 6.45) is 4.05. The molecule has 24 heavy (non-hydrogen) atoms. The molecular formula is C21H27FO2. The Kier molecular flexibility index (Phi) is 3.31. The van der Waals surface area contributed by atoms with Crippen molar-refractivity contribution < 1.29 is 14.0 Å². The Bertz CT molecular complexity index is 677. The van der Waals surface area contributed by atoms with Gasteiger partial charge in [0.15, 0.2) is 17.7 Å². The summed E-state index contributed by atoms with van der Waals surface area (Å²) < 4.78 is 14.2. The van der Waals surface area contributed by atoms with Gasteiger partial charge < -0.3 is 0 Å².